The minimum absolute atomic E-state index is 0.0102. The molecule has 5 nitrogen and oxygen atoms in total. The monoisotopic (exact) mass is 346 g/mol. The minimum Gasteiger partial charge on any atom is -0.448 e. The second-order valence-electron chi connectivity index (χ2n) is 6.37. The van der Waals surface area contributed by atoms with E-state index >= 15 is 0 Å². The van der Waals surface area contributed by atoms with Gasteiger partial charge in [-0.2, -0.15) is 0 Å². The van der Waals surface area contributed by atoms with Crippen molar-refractivity contribution in [1.82, 2.24) is 4.98 Å². The fourth-order valence-electron chi connectivity index (χ4n) is 3.43. The third kappa shape index (κ3) is 2.88. The van der Waals surface area contributed by atoms with Crippen molar-refractivity contribution in [2.75, 3.05) is 11.9 Å². The fourth-order valence-corrected chi connectivity index (χ4v) is 3.43. The van der Waals surface area contributed by atoms with Crippen molar-refractivity contribution in [3.05, 3.63) is 87.8 Å². The summed E-state index contributed by atoms with van der Waals surface area (Å²) in [5.41, 5.74) is 5.31. The van der Waals surface area contributed by atoms with E-state index in [1.807, 2.05) is 31.2 Å². The number of carbonyl (C=O) groups excluding carboxylic acids is 1. The molecule has 0 fully saturated rings. The Morgan fingerprint density at radius 1 is 1.08 bits per heavy atom. The molecule has 0 atom stereocenters. The molecule has 4 rings (SSSR count). The van der Waals surface area contributed by atoms with Crippen molar-refractivity contribution in [1.29, 1.82) is 0 Å². The molecule has 0 saturated carbocycles. The molecule has 0 saturated heterocycles. The van der Waals surface area contributed by atoms with Crippen molar-refractivity contribution in [3.63, 3.8) is 0 Å². The van der Waals surface area contributed by atoms with E-state index in [1.54, 1.807) is 12.3 Å². The third-order valence-electron chi connectivity index (χ3n) is 4.63. The van der Waals surface area contributed by atoms with Gasteiger partial charge in [-0.15, -0.1) is 0 Å². The lowest BCUT2D eigenvalue weighted by Crippen LogP contribution is -2.22. The Balaban J connectivity index is 1.52. The lowest BCUT2D eigenvalue weighted by atomic mass is 9.98. The topological polar surface area (TPSA) is 71.2 Å². The molecular weight excluding hydrogens is 328 g/mol. The van der Waals surface area contributed by atoms with Crippen molar-refractivity contribution in [2.24, 2.45) is 0 Å². The summed E-state index contributed by atoms with van der Waals surface area (Å²) in [6.45, 7) is 2.04. The Labute approximate surface area is 150 Å². The Hall–Kier alpha value is -3.34. The Morgan fingerprint density at radius 3 is 2.35 bits per heavy atom. The first-order valence-corrected chi connectivity index (χ1v) is 8.45. The maximum Gasteiger partial charge on any atom is 0.411 e. The van der Waals surface area contributed by atoms with E-state index in [2.05, 4.69) is 34.6 Å². The van der Waals surface area contributed by atoms with Crippen LogP contribution in [0.1, 0.15) is 22.6 Å². The molecule has 0 spiro atoms. The number of anilines is 1. The molecule has 2 aromatic carbocycles. The van der Waals surface area contributed by atoms with E-state index in [9.17, 15) is 9.59 Å². The number of hydrogen-bond donors (Lipinski definition) is 2. The van der Waals surface area contributed by atoms with E-state index < -0.39 is 6.09 Å². The summed E-state index contributed by atoms with van der Waals surface area (Å²) in [6, 6.07) is 17.9. The number of nitrogens with one attached hydrogen (secondary N) is 2. The highest BCUT2D eigenvalue weighted by Gasteiger charge is 2.29. The Kier molecular flexibility index (Phi) is 4.05. The van der Waals surface area contributed by atoms with Crippen LogP contribution in [0.25, 0.3) is 11.1 Å². The summed E-state index contributed by atoms with van der Waals surface area (Å²) in [5.74, 6) is -0.0102. The van der Waals surface area contributed by atoms with Crippen molar-refractivity contribution in [3.8, 4) is 11.1 Å². The van der Waals surface area contributed by atoms with Crippen LogP contribution < -0.4 is 10.9 Å². The zero-order valence-electron chi connectivity index (χ0n) is 14.3. The lowest BCUT2D eigenvalue weighted by Gasteiger charge is -2.14. The minimum atomic E-state index is -0.636. The molecular formula is C21H18N2O3. The number of fused-ring (bicyclic) bond motifs is 3. The highest BCUT2D eigenvalue weighted by atomic mass is 16.5. The van der Waals surface area contributed by atoms with Crippen molar-refractivity contribution in [2.45, 2.75) is 12.8 Å². The van der Waals surface area contributed by atoms with E-state index in [-0.39, 0.29) is 23.8 Å². The summed E-state index contributed by atoms with van der Waals surface area (Å²) in [7, 11) is 0. The molecule has 1 aliphatic rings. The van der Waals surface area contributed by atoms with Gasteiger partial charge in [0.15, 0.2) is 0 Å². The average molecular weight is 346 g/mol. The highest BCUT2D eigenvalue weighted by molar-refractivity contribution is 5.85. The van der Waals surface area contributed by atoms with Crippen LogP contribution in [0.4, 0.5) is 10.5 Å². The van der Waals surface area contributed by atoms with E-state index in [0.717, 1.165) is 16.7 Å². The van der Waals surface area contributed by atoms with E-state index in [4.69, 9.17) is 4.74 Å². The first kappa shape index (κ1) is 16.1. The molecule has 2 N–H and O–H groups in total. The van der Waals surface area contributed by atoms with Crippen LogP contribution >= 0.6 is 0 Å². The summed E-state index contributed by atoms with van der Waals surface area (Å²) in [5, 5.41) is 2.52. The molecule has 0 unspecified atom stereocenters. The highest BCUT2D eigenvalue weighted by Crippen LogP contribution is 2.44. The van der Waals surface area contributed by atoms with Crippen LogP contribution in [-0.4, -0.2) is 17.7 Å². The number of aryl methyl sites for hydroxylation is 1. The number of benzene rings is 2. The number of H-pyrrole nitrogens is 1. The van der Waals surface area contributed by atoms with Crippen LogP contribution in [-0.2, 0) is 4.74 Å². The predicted octanol–water partition coefficient (Wildman–Crippen LogP) is 4.04. The standard InChI is InChI=1S/C21H18N2O3/c1-13-10-19(20(24)22-11-13)23-21(25)26-12-18-16-8-4-2-6-14(16)15-7-3-5-9-17(15)18/h2-11,18H,12H2,1H3,(H,22,24)(H,23,25). The molecule has 0 bridgehead atoms. The van der Waals surface area contributed by atoms with Gasteiger partial charge in [-0.1, -0.05) is 48.5 Å². The smallest absolute Gasteiger partial charge is 0.411 e. The second-order valence-corrected chi connectivity index (χ2v) is 6.37. The molecule has 1 aromatic heterocycles. The van der Waals surface area contributed by atoms with Crippen LogP contribution in [0.3, 0.4) is 0 Å². The van der Waals surface area contributed by atoms with Gasteiger partial charge in [0.1, 0.15) is 12.3 Å². The molecule has 1 aliphatic carbocycles. The first-order chi connectivity index (χ1) is 12.6. The molecule has 1 heterocycles. The number of aromatic amines is 1. The maximum atomic E-state index is 12.2. The molecule has 0 aliphatic heterocycles. The molecule has 3 aromatic rings. The van der Waals surface area contributed by atoms with Gasteiger partial charge in [-0.3, -0.25) is 10.1 Å². The second kappa shape index (κ2) is 6.52. The molecule has 1 amide bonds. The lowest BCUT2D eigenvalue weighted by molar-refractivity contribution is 0.158. The van der Waals surface area contributed by atoms with Gasteiger partial charge in [0.2, 0.25) is 0 Å². The van der Waals surface area contributed by atoms with Crippen LogP contribution in [0, 0.1) is 6.92 Å². The summed E-state index contributed by atoms with van der Waals surface area (Å²) in [6.07, 6.45) is 0.952. The number of pyridine rings is 1. The maximum absolute atomic E-state index is 12.2. The molecule has 0 radical (unpaired) electrons. The Bertz CT molecular complexity index is 994. The van der Waals surface area contributed by atoms with Crippen molar-refractivity contribution >= 4 is 11.8 Å². The molecule has 26 heavy (non-hydrogen) atoms. The zero-order valence-corrected chi connectivity index (χ0v) is 14.3. The summed E-state index contributed by atoms with van der Waals surface area (Å²) >= 11 is 0. The van der Waals surface area contributed by atoms with E-state index in [0.29, 0.717) is 0 Å². The van der Waals surface area contributed by atoms with Gasteiger partial charge < -0.3 is 9.72 Å². The number of amides is 1. The summed E-state index contributed by atoms with van der Waals surface area (Å²) < 4.78 is 5.44. The van der Waals surface area contributed by atoms with Gasteiger partial charge in [-0.05, 0) is 40.8 Å². The average Bonchev–Trinajstić information content (AvgIpc) is 2.97. The van der Waals surface area contributed by atoms with E-state index in [1.165, 1.54) is 11.1 Å². The number of ether oxygens (including phenoxy) is 1. The van der Waals surface area contributed by atoms with Gasteiger partial charge in [0, 0.05) is 12.1 Å². The SMILES string of the molecule is Cc1c[nH]c(=O)c(NC(=O)OCC2c3ccccc3-c3ccccc32)c1. The predicted molar refractivity (Wildman–Crippen MR) is 100 cm³/mol. The van der Waals surface area contributed by atoms with Gasteiger partial charge in [-0.25, -0.2) is 4.79 Å². The normalized spacial score (nSPS) is 12.3. The van der Waals surface area contributed by atoms with Gasteiger partial charge >= 0.3 is 6.09 Å². The zero-order chi connectivity index (χ0) is 18.1. The van der Waals surface area contributed by atoms with Crippen LogP contribution in [0.5, 0.6) is 0 Å². The van der Waals surface area contributed by atoms with Crippen LogP contribution in [0.15, 0.2) is 65.6 Å². The number of rotatable bonds is 3. The number of hydrogen-bond acceptors (Lipinski definition) is 3. The third-order valence-corrected chi connectivity index (χ3v) is 4.63. The Morgan fingerprint density at radius 2 is 1.69 bits per heavy atom. The van der Waals surface area contributed by atoms with Gasteiger partial charge in [0.25, 0.3) is 5.56 Å². The molecule has 5 heteroatoms. The summed E-state index contributed by atoms with van der Waals surface area (Å²) in [4.78, 5) is 26.5. The largest absolute Gasteiger partial charge is 0.448 e. The van der Waals surface area contributed by atoms with Gasteiger partial charge in [0.05, 0.1) is 0 Å². The quantitative estimate of drug-likeness (QED) is 0.752. The molecule has 130 valence electrons. The fraction of sp³-hybridized carbons (Fsp3) is 0.143. The number of carbonyl (C=O) groups is 1. The first-order valence-electron chi connectivity index (χ1n) is 8.45. The number of aromatic nitrogens is 1. The van der Waals surface area contributed by atoms with Crippen LogP contribution in [0.2, 0.25) is 0 Å². The van der Waals surface area contributed by atoms with Crippen molar-refractivity contribution < 1.29 is 9.53 Å².